The maximum atomic E-state index is 13.5. The molecule has 7 nitrogen and oxygen atoms in total. The number of carboxylic acid groups (broad SMARTS) is 1. The Bertz CT molecular complexity index is 1380. The molecule has 0 bridgehead atoms. The average molecular weight is 568 g/mol. The van der Waals surface area contributed by atoms with Crippen molar-refractivity contribution in [1.29, 1.82) is 0 Å². The van der Waals surface area contributed by atoms with Gasteiger partial charge in [-0.15, -0.1) is 0 Å². The smallest absolute Gasteiger partial charge is 0.337 e. The van der Waals surface area contributed by atoms with E-state index in [2.05, 4.69) is 28.7 Å². The lowest BCUT2D eigenvalue weighted by atomic mass is 9.82. The molecule has 0 aliphatic carbocycles. The normalized spacial score (nSPS) is 16.0. The van der Waals surface area contributed by atoms with Crippen LogP contribution in [-0.2, 0) is 16.0 Å². The van der Waals surface area contributed by atoms with Gasteiger partial charge in [0.1, 0.15) is 5.75 Å². The Morgan fingerprint density at radius 2 is 1.78 bits per heavy atom. The van der Waals surface area contributed by atoms with Crippen molar-refractivity contribution in [2.45, 2.75) is 72.5 Å². The zero-order valence-corrected chi connectivity index (χ0v) is 24.6. The van der Waals surface area contributed by atoms with Crippen LogP contribution < -0.4 is 9.64 Å². The lowest BCUT2D eigenvalue weighted by Gasteiger charge is -2.40. The molecule has 220 valence electrons. The molecule has 1 saturated heterocycles. The standard InChI is InChI=1S/C32H39F2N3O4/c1-20-27(29(30(38)39)41-31(2,3)4)28(37-14-12-32(5,6)13-15-37)23(19-35-20)26-10-8-22(18-36-26)40-16-11-21-7-9-24(33)25(34)17-21/h7-10,17-19,29H,11-16H2,1-6H3,(H,38,39)/t29-/m0/s1. The fourth-order valence-corrected chi connectivity index (χ4v) is 4.98. The van der Waals surface area contributed by atoms with Crippen LogP contribution in [0.2, 0.25) is 0 Å². The van der Waals surface area contributed by atoms with E-state index >= 15 is 0 Å². The van der Waals surface area contributed by atoms with E-state index in [0.29, 0.717) is 34.7 Å². The molecule has 0 saturated carbocycles. The first-order valence-electron chi connectivity index (χ1n) is 13.9. The summed E-state index contributed by atoms with van der Waals surface area (Å²) in [6.07, 6.45) is 4.47. The Labute approximate surface area is 240 Å². The Morgan fingerprint density at radius 1 is 1.07 bits per heavy atom. The molecule has 1 atom stereocenters. The van der Waals surface area contributed by atoms with Gasteiger partial charge in [0.15, 0.2) is 17.7 Å². The Morgan fingerprint density at radius 3 is 2.37 bits per heavy atom. The van der Waals surface area contributed by atoms with Gasteiger partial charge in [0.25, 0.3) is 0 Å². The van der Waals surface area contributed by atoms with Crippen LogP contribution in [0.5, 0.6) is 5.75 Å². The number of aryl methyl sites for hydroxylation is 1. The van der Waals surface area contributed by atoms with Crippen molar-refractivity contribution >= 4 is 11.7 Å². The van der Waals surface area contributed by atoms with Crippen LogP contribution >= 0.6 is 0 Å². The van der Waals surface area contributed by atoms with E-state index in [9.17, 15) is 18.7 Å². The van der Waals surface area contributed by atoms with Gasteiger partial charge in [-0.25, -0.2) is 13.6 Å². The third kappa shape index (κ3) is 7.58. The quantitative estimate of drug-likeness (QED) is 0.300. The number of aromatic nitrogens is 2. The minimum atomic E-state index is -1.20. The maximum absolute atomic E-state index is 13.5. The first kappa shape index (κ1) is 30.4. The van der Waals surface area contributed by atoms with Crippen LogP contribution in [0.25, 0.3) is 11.3 Å². The number of hydrogen-bond donors (Lipinski definition) is 1. The molecule has 41 heavy (non-hydrogen) atoms. The summed E-state index contributed by atoms with van der Waals surface area (Å²) in [4.78, 5) is 24.0. The lowest BCUT2D eigenvalue weighted by molar-refractivity contribution is -0.160. The summed E-state index contributed by atoms with van der Waals surface area (Å²) in [7, 11) is 0. The number of nitrogens with zero attached hydrogens (tertiary/aromatic N) is 3. The minimum absolute atomic E-state index is 0.198. The second-order valence-corrected chi connectivity index (χ2v) is 12.3. The molecule has 1 N–H and O–H groups in total. The van der Waals surface area contributed by atoms with Crippen LogP contribution in [-0.4, -0.2) is 46.3 Å². The average Bonchev–Trinajstić information content (AvgIpc) is 2.89. The molecule has 9 heteroatoms. The molecular weight excluding hydrogens is 528 g/mol. The molecule has 0 amide bonds. The number of rotatable bonds is 9. The summed E-state index contributed by atoms with van der Waals surface area (Å²) in [5, 5.41) is 10.3. The predicted octanol–water partition coefficient (Wildman–Crippen LogP) is 6.92. The van der Waals surface area contributed by atoms with Crippen molar-refractivity contribution in [3.63, 3.8) is 0 Å². The first-order chi connectivity index (χ1) is 19.2. The molecule has 0 spiro atoms. The number of carboxylic acids is 1. The van der Waals surface area contributed by atoms with Crippen molar-refractivity contribution in [2.75, 3.05) is 24.6 Å². The molecule has 3 aromatic rings. The van der Waals surface area contributed by atoms with Crippen LogP contribution in [0.3, 0.4) is 0 Å². The monoisotopic (exact) mass is 567 g/mol. The molecule has 1 fully saturated rings. The number of ether oxygens (including phenoxy) is 2. The van der Waals surface area contributed by atoms with Crippen molar-refractivity contribution in [3.8, 4) is 17.0 Å². The highest BCUT2D eigenvalue weighted by molar-refractivity contribution is 5.85. The van der Waals surface area contributed by atoms with E-state index in [1.54, 1.807) is 18.5 Å². The number of pyridine rings is 2. The van der Waals surface area contributed by atoms with Gasteiger partial charge < -0.3 is 19.5 Å². The summed E-state index contributed by atoms with van der Waals surface area (Å²) < 4.78 is 38.6. The van der Waals surface area contributed by atoms with Gasteiger partial charge >= 0.3 is 5.97 Å². The van der Waals surface area contributed by atoms with Gasteiger partial charge in [0, 0.05) is 42.5 Å². The predicted molar refractivity (Wildman–Crippen MR) is 154 cm³/mol. The highest BCUT2D eigenvalue weighted by Gasteiger charge is 2.36. The van der Waals surface area contributed by atoms with Crippen LogP contribution in [0.4, 0.5) is 14.5 Å². The Hall–Kier alpha value is -3.59. The molecular formula is C32H39F2N3O4. The van der Waals surface area contributed by atoms with Crippen LogP contribution in [0.1, 0.15) is 70.4 Å². The van der Waals surface area contributed by atoms with E-state index in [0.717, 1.165) is 43.2 Å². The SMILES string of the molecule is Cc1ncc(-c2ccc(OCCc3ccc(F)c(F)c3)cn2)c(N2CCC(C)(C)CC2)c1[C@H](OC(C)(C)C)C(=O)O. The summed E-state index contributed by atoms with van der Waals surface area (Å²) in [6.45, 7) is 13.6. The van der Waals surface area contributed by atoms with Crippen LogP contribution in [0, 0.1) is 24.0 Å². The number of aliphatic carboxylic acids is 1. The molecule has 0 radical (unpaired) electrons. The second-order valence-electron chi connectivity index (χ2n) is 12.3. The maximum Gasteiger partial charge on any atom is 0.337 e. The van der Waals surface area contributed by atoms with Crippen molar-refractivity contribution in [3.05, 3.63) is 71.2 Å². The fraction of sp³-hybridized carbons (Fsp3) is 0.469. The first-order valence-corrected chi connectivity index (χ1v) is 13.9. The number of hydrogen-bond acceptors (Lipinski definition) is 6. The van der Waals surface area contributed by atoms with Crippen molar-refractivity contribution < 1.29 is 28.2 Å². The van der Waals surface area contributed by atoms with Gasteiger partial charge in [-0.3, -0.25) is 9.97 Å². The van der Waals surface area contributed by atoms with E-state index in [1.165, 1.54) is 12.1 Å². The molecule has 1 aromatic carbocycles. The molecule has 0 unspecified atom stereocenters. The third-order valence-electron chi connectivity index (χ3n) is 7.33. The summed E-state index contributed by atoms with van der Waals surface area (Å²) in [5.41, 5.74) is 3.42. The molecule has 4 rings (SSSR count). The van der Waals surface area contributed by atoms with Crippen LogP contribution in [0.15, 0.2) is 42.7 Å². The largest absolute Gasteiger partial charge is 0.492 e. The highest BCUT2D eigenvalue weighted by atomic mass is 19.2. The van der Waals surface area contributed by atoms with Crippen molar-refractivity contribution in [1.82, 2.24) is 9.97 Å². The molecule has 3 heterocycles. The molecule has 1 aliphatic heterocycles. The number of carbonyl (C=O) groups is 1. The number of anilines is 1. The number of benzene rings is 1. The highest BCUT2D eigenvalue weighted by Crippen LogP contribution is 2.43. The van der Waals surface area contributed by atoms with Crippen molar-refractivity contribution in [2.24, 2.45) is 5.41 Å². The topological polar surface area (TPSA) is 84.8 Å². The summed E-state index contributed by atoms with van der Waals surface area (Å²) in [6, 6.07) is 7.41. The van der Waals surface area contributed by atoms with Gasteiger partial charge in [-0.1, -0.05) is 19.9 Å². The number of piperidine rings is 1. The van der Waals surface area contributed by atoms with Gasteiger partial charge in [0.2, 0.25) is 0 Å². The zero-order chi connectivity index (χ0) is 29.9. The fourth-order valence-electron chi connectivity index (χ4n) is 4.98. The second kappa shape index (κ2) is 12.1. The third-order valence-corrected chi connectivity index (χ3v) is 7.33. The lowest BCUT2D eigenvalue weighted by Crippen LogP contribution is -2.39. The van der Waals surface area contributed by atoms with Gasteiger partial charge in [-0.05, 0) is 75.8 Å². The zero-order valence-electron chi connectivity index (χ0n) is 24.6. The van der Waals surface area contributed by atoms with Gasteiger partial charge in [-0.2, -0.15) is 0 Å². The summed E-state index contributed by atoms with van der Waals surface area (Å²) >= 11 is 0. The van der Waals surface area contributed by atoms with E-state index in [-0.39, 0.29) is 12.0 Å². The Balaban J connectivity index is 1.66. The van der Waals surface area contributed by atoms with E-state index < -0.39 is 29.3 Å². The van der Waals surface area contributed by atoms with Gasteiger partial charge in [0.05, 0.1) is 29.8 Å². The van der Waals surface area contributed by atoms with E-state index in [1.807, 2.05) is 33.8 Å². The Kier molecular flexibility index (Phi) is 8.97. The number of halogens is 2. The minimum Gasteiger partial charge on any atom is -0.492 e. The van der Waals surface area contributed by atoms with E-state index in [4.69, 9.17) is 9.47 Å². The molecule has 2 aromatic heterocycles. The molecule has 1 aliphatic rings. The summed E-state index contributed by atoms with van der Waals surface area (Å²) in [5.74, 6) is -2.31.